The van der Waals surface area contributed by atoms with Crippen molar-refractivity contribution in [2.45, 2.75) is 26.4 Å². The molecule has 1 unspecified atom stereocenters. The Labute approximate surface area is 96.1 Å². The summed E-state index contributed by atoms with van der Waals surface area (Å²) in [4.78, 5) is 11.8. The number of aliphatic hydroxyl groups is 1. The third-order valence-corrected chi connectivity index (χ3v) is 2.58. The quantitative estimate of drug-likeness (QED) is 0.777. The van der Waals surface area contributed by atoms with E-state index in [1.807, 2.05) is 13.8 Å². The third kappa shape index (κ3) is 3.35. The molecular weight excluding hydrogens is 204 g/mol. The molecule has 0 saturated heterocycles. The van der Waals surface area contributed by atoms with Gasteiger partial charge in [0.15, 0.2) is 5.78 Å². The zero-order valence-corrected chi connectivity index (χ0v) is 9.93. The van der Waals surface area contributed by atoms with Gasteiger partial charge in [-0.2, -0.15) is 0 Å². The van der Waals surface area contributed by atoms with Gasteiger partial charge in [0.05, 0.1) is 13.2 Å². The zero-order valence-electron chi connectivity index (χ0n) is 9.93. The summed E-state index contributed by atoms with van der Waals surface area (Å²) in [5.41, 5.74) is 0.612. The van der Waals surface area contributed by atoms with Crippen LogP contribution in [0.5, 0.6) is 5.75 Å². The van der Waals surface area contributed by atoms with Gasteiger partial charge in [0.2, 0.25) is 0 Å². The topological polar surface area (TPSA) is 46.5 Å². The number of rotatable bonds is 5. The Morgan fingerprint density at radius 3 is 2.31 bits per heavy atom. The second-order valence-electron chi connectivity index (χ2n) is 4.17. The maximum Gasteiger partial charge on any atom is 0.165 e. The summed E-state index contributed by atoms with van der Waals surface area (Å²) in [6.07, 6.45) is -0.404. The van der Waals surface area contributed by atoms with Crippen molar-refractivity contribution in [3.63, 3.8) is 0 Å². The lowest BCUT2D eigenvalue weighted by Crippen LogP contribution is -2.19. The molecule has 0 aliphatic carbocycles. The van der Waals surface area contributed by atoms with Gasteiger partial charge >= 0.3 is 0 Å². The first-order chi connectivity index (χ1) is 7.54. The second-order valence-corrected chi connectivity index (χ2v) is 4.17. The van der Waals surface area contributed by atoms with Crippen LogP contribution in [0.2, 0.25) is 0 Å². The number of ketones is 1. The Balaban J connectivity index is 2.66. The predicted octanol–water partition coefficient (Wildman–Crippen LogP) is 2.28. The van der Waals surface area contributed by atoms with E-state index in [0.29, 0.717) is 5.56 Å². The fourth-order valence-corrected chi connectivity index (χ4v) is 1.32. The van der Waals surface area contributed by atoms with E-state index in [1.165, 1.54) is 0 Å². The molecule has 3 nitrogen and oxygen atoms in total. The van der Waals surface area contributed by atoms with Gasteiger partial charge in [0.1, 0.15) is 5.75 Å². The van der Waals surface area contributed by atoms with E-state index in [1.54, 1.807) is 31.4 Å². The normalized spacial score (nSPS) is 12.6. The highest BCUT2D eigenvalue weighted by molar-refractivity contribution is 5.96. The minimum absolute atomic E-state index is 0.0381. The summed E-state index contributed by atoms with van der Waals surface area (Å²) < 4.78 is 5.01. The lowest BCUT2D eigenvalue weighted by molar-refractivity contribution is 0.0790. The van der Waals surface area contributed by atoms with E-state index < -0.39 is 6.10 Å². The van der Waals surface area contributed by atoms with Crippen LogP contribution in [0.4, 0.5) is 0 Å². The smallest absolute Gasteiger partial charge is 0.165 e. The van der Waals surface area contributed by atoms with Crippen LogP contribution in [0.3, 0.4) is 0 Å². The molecule has 0 fully saturated rings. The van der Waals surface area contributed by atoms with Gasteiger partial charge in [-0.1, -0.05) is 13.8 Å². The Kier molecular flexibility index (Phi) is 4.50. The Bertz CT molecular complexity index is 341. The summed E-state index contributed by atoms with van der Waals surface area (Å²) in [5, 5.41) is 9.61. The summed E-state index contributed by atoms with van der Waals surface area (Å²) in [5.74, 6) is 0.784. The maximum atomic E-state index is 11.8. The molecule has 0 aliphatic rings. The minimum Gasteiger partial charge on any atom is -0.497 e. The van der Waals surface area contributed by atoms with Crippen molar-refractivity contribution in [3.8, 4) is 5.75 Å². The highest BCUT2D eigenvalue weighted by atomic mass is 16.5. The van der Waals surface area contributed by atoms with Gasteiger partial charge in [0.25, 0.3) is 0 Å². The molecule has 0 aromatic heterocycles. The van der Waals surface area contributed by atoms with Crippen molar-refractivity contribution < 1.29 is 14.6 Å². The standard InChI is InChI=1S/C13H18O3/c1-9(2)12(14)8-13(15)10-4-6-11(16-3)7-5-10/h4-7,9,12,14H,8H2,1-3H3. The van der Waals surface area contributed by atoms with Crippen molar-refractivity contribution in [3.05, 3.63) is 29.8 Å². The first-order valence-electron chi connectivity index (χ1n) is 5.40. The molecule has 0 radical (unpaired) electrons. The van der Waals surface area contributed by atoms with Crippen LogP contribution in [0.1, 0.15) is 30.6 Å². The molecular formula is C13H18O3. The third-order valence-electron chi connectivity index (χ3n) is 2.58. The molecule has 0 spiro atoms. The molecule has 1 aromatic rings. The lowest BCUT2D eigenvalue weighted by Gasteiger charge is -2.13. The van der Waals surface area contributed by atoms with E-state index in [2.05, 4.69) is 0 Å². The van der Waals surface area contributed by atoms with Gasteiger partial charge in [-0.3, -0.25) is 4.79 Å². The largest absolute Gasteiger partial charge is 0.497 e. The number of carbonyl (C=O) groups is 1. The van der Waals surface area contributed by atoms with E-state index in [4.69, 9.17) is 4.74 Å². The van der Waals surface area contributed by atoms with Gasteiger partial charge < -0.3 is 9.84 Å². The molecule has 1 aromatic carbocycles. The number of ether oxygens (including phenoxy) is 1. The molecule has 0 heterocycles. The van der Waals surface area contributed by atoms with Crippen LogP contribution in [-0.4, -0.2) is 24.1 Å². The van der Waals surface area contributed by atoms with Gasteiger partial charge in [-0.15, -0.1) is 0 Å². The van der Waals surface area contributed by atoms with Crippen molar-refractivity contribution in [1.29, 1.82) is 0 Å². The lowest BCUT2D eigenvalue weighted by atomic mass is 9.98. The summed E-state index contributed by atoms with van der Waals surface area (Å²) in [6.45, 7) is 3.79. The molecule has 0 saturated carbocycles. The van der Waals surface area contributed by atoms with Crippen LogP contribution >= 0.6 is 0 Å². The fourth-order valence-electron chi connectivity index (χ4n) is 1.32. The van der Waals surface area contributed by atoms with Crippen molar-refractivity contribution in [2.75, 3.05) is 7.11 Å². The summed E-state index contributed by atoms with van der Waals surface area (Å²) in [7, 11) is 1.58. The maximum absolute atomic E-state index is 11.8. The number of hydrogen-bond donors (Lipinski definition) is 1. The molecule has 88 valence electrons. The zero-order chi connectivity index (χ0) is 12.1. The molecule has 1 rings (SSSR count). The van der Waals surface area contributed by atoms with Crippen molar-refractivity contribution >= 4 is 5.78 Å². The number of benzene rings is 1. The van der Waals surface area contributed by atoms with E-state index in [-0.39, 0.29) is 18.1 Å². The van der Waals surface area contributed by atoms with Crippen molar-refractivity contribution in [1.82, 2.24) is 0 Å². The van der Waals surface area contributed by atoms with Gasteiger partial charge in [-0.05, 0) is 30.2 Å². The summed E-state index contributed by atoms with van der Waals surface area (Å²) in [6, 6.07) is 6.92. The molecule has 0 bridgehead atoms. The number of methoxy groups -OCH3 is 1. The van der Waals surface area contributed by atoms with Crippen LogP contribution in [-0.2, 0) is 0 Å². The van der Waals surface area contributed by atoms with Gasteiger partial charge in [0, 0.05) is 12.0 Å². The average Bonchev–Trinajstić information content (AvgIpc) is 2.28. The first-order valence-corrected chi connectivity index (χ1v) is 5.40. The molecule has 16 heavy (non-hydrogen) atoms. The molecule has 1 atom stereocenters. The SMILES string of the molecule is COc1ccc(C(=O)CC(O)C(C)C)cc1. The van der Waals surface area contributed by atoms with Crippen LogP contribution in [0.15, 0.2) is 24.3 Å². The van der Waals surface area contributed by atoms with Gasteiger partial charge in [-0.25, -0.2) is 0 Å². The first kappa shape index (κ1) is 12.7. The Morgan fingerprint density at radius 2 is 1.88 bits per heavy atom. The second kappa shape index (κ2) is 5.66. The monoisotopic (exact) mass is 222 g/mol. The van der Waals surface area contributed by atoms with Crippen LogP contribution < -0.4 is 4.74 Å². The highest BCUT2D eigenvalue weighted by Crippen LogP contribution is 2.15. The van der Waals surface area contributed by atoms with E-state index >= 15 is 0 Å². The predicted molar refractivity (Wildman–Crippen MR) is 62.8 cm³/mol. The van der Waals surface area contributed by atoms with Crippen LogP contribution in [0.25, 0.3) is 0 Å². The molecule has 0 amide bonds. The fraction of sp³-hybridized carbons (Fsp3) is 0.462. The van der Waals surface area contributed by atoms with Crippen LogP contribution in [0, 0.1) is 5.92 Å². The number of Topliss-reactive ketones (excluding diaryl/α,β-unsaturated/α-hetero) is 1. The summed E-state index contributed by atoms with van der Waals surface area (Å²) >= 11 is 0. The molecule has 3 heteroatoms. The molecule has 0 aliphatic heterocycles. The van der Waals surface area contributed by atoms with E-state index in [0.717, 1.165) is 5.75 Å². The number of aliphatic hydroxyl groups excluding tert-OH is 1. The average molecular weight is 222 g/mol. The minimum atomic E-state index is -0.574. The Hall–Kier alpha value is -1.35. The molecule has 1 N–H and O–H groups in total. The van der Waals surface area contributed by atoms with E-state index in [9.17, 15) is 9.90 Å². The van der Waals surface area contributed by atoms with Crippen molar-refractivity contribution in [2.24, 2.45) is 5.92 Å². The highest BCUT2D eigenvalue weighted by Gasteiger charge is 2.15. The Morgan fingerprint density at radius 1 is 1.31 bits per heavy atom. The number of hydrogen-bond acceptors (Lipinski definition) is 3. The number of carbonyl (C=O) groups excluding carboxylic acids is 1.